The summed E-state index contributed by atoms with van der Waals surface area (Å²) in [6.07, 6.45) is 4.07. The minimum atomic E-state index is -0.565. The second-order valence-corrected chi connectivity index (χ2v) is 13.4. The van der Waals surface area contributed by atoms with Crippen LogP contribution in [-0.2, 0) is 51.5 Å². The molecule has 5 N–H and O–H groups in total. The van der Waals surface area contributed by atoms with Crippen molar-refractivity contribution in [2.24, 2.45) is 0 Å². The Morgan fingerprint density at radius 3 is 1.30 bits per heavy atom. The first-order chi connectivity index (χ1) is 28.6. The zero-order valence-electron chi connectivity index (χ0n) is 33.5. The Kier molecular flexibility index (Phi) is 16.9. The van der Waals surface area contributed by atoms with E-state index in [1.165, 1.54) is 52.0 Å². The van der Waals surface area contributed by atoms with E-state index in [2.05, 4.69) is 36.6 Å². The number of nitrogens with zero attached hydrogens (tertiary/aromatic N) is 2. The van der Waals surface area contributed by atoms with Gasteiger partial charge in [0.25, 0.3) is 5.91 Å². The Bertz CT molecular complexity index is 2050. The van der Waals surface area contributed by atoms with Crippen molar-refractivity contribution >= 4 is 82.7 Å². The van der Waals surface area contributed by atoms with Crippen molar-refractivity contribution in [2.45, 2.75) is 66.6 Å². The fourth-order valence-electron chi connectivity index (χ4n) is 5.43. The Morgan fingerprint density at radius 2 is 0.900 bits per heavy atom. The maximum absolute atomic E-state index is 12.8. The molecule has 4 aromatic rings. The van der Waals surface area contributed by atoms with Crippen LogP contribution in [0, 0.1) is 0 Å². The van der Waals surface area contributed by atoms with Gasteiger partial charge in [-0.3, -0.25) is 38.4 Å². The lowest BCUT2D eigenvalue weighted by molar-refractivity contribution is -0.145. The van der Waals surface area contributed by atoms with E-state index in [0.717, 1.165) is 11.1 Å². The number of nitrogens with one attached hydrogen (secondary N) is 5. The number of ketones is 1. The van der Waals surface area contributed by atoms with Crippen molar-refractivity contribution in [3.63, 3.8) is 0 Å². The standard InChI is InChI=1S/C43H45N7O10/c1-26(51)45-37-20-32(21-38(49-37)46-27(2)52)24-59-41(56)7-5-6-36(55)34-14-10-30(11-15-34)8-9-31-12-16-35(17-13-31)43(58)44-19-18-42(57)60-25-33-22-39(47-28(3)53)50-40(23-33)48-29(4)54/h8-17,20-23H,5-7,18-19,24-25H2,1-4H3,(H,44,58)(H2,45,46,49,51,52)(H2,47,48,50,53,54)/b9-8+. The average Bonchev–Trinajstić information content (AvgIpc) is 3.17. The highest BCUT2D eigenvalue weighted by Crippen LogP contribution is 2.18. The van der Waals surface area contributed by atoms with Crippen LogP contribution in [0.3, 0.4) is 0 Å². The Hall–Kier alpha value is -7.56. The first kappa shape index (κ1) is 45.1. The van der Waals surface area contributed by atoms with E-state index in [1.807, 2.05) is 12.2 Å². The molecule has 60 heavy (non-hydrogen) atoms. The lowest BCUT2D eigenvalue weighted by Gasteiger charge is -2.10. The Balaban J connectivity index is 1.16. The molecule has 0 unspecified atom stereocenters. The smallest absolute Gasteiger partial charge is 0.307 e. The number of rotatable bonds is 19. The summed E-state index contributed by atoms with van der Waals surface area (Å²) < 4.78 is 10.6. The predicted molar refractivity (Wildman–Crippen MR) is 222 cm³/mol. The number of ether oxygens (including phenoxy) is 2. The third kappa shape index (κ3) is 16.1. The molecule has 2 heterocycles. The molecule has 0 saturated heterocycles. The first-order valence-corrected chi connectivity index (χ1v) is 18.7. The summed E-state index contributed by atoms with van der Waals surface area (Å²) in [7, 11) is 0. The lowest BCUT2D eigenvalue weighted by Crippen LogP contribution is -2.26. The molecule has 0 bridgehead atoms. The van der Waals surface area contributed by atoms with E-state index in [1.54, 1.807) is 48.5 Å². The number of hydrogen-bond acceptors (Lipinski definition) is 12. The Labute approximate surface area is 345 Å². The van der Waals surface area contributed by atoms with Gasteiger partial charge in [-0.1, -0.05) is 48.6 Å². The fraction of sp³-hybridized carbons (Fsp3) is 0.256. The van der Waals surface area contributed by atoms with Crippen LogP contribution in [0.1, 0.15) is 96.3 Å². The van der Waals surface area contributed by atoms with Crippen molar-refractivity contribution in [1.82, 2.24) is 15.3 Å². The number of amides is 5. The van der Waals surface area contributed by atoms with Crippen molar-refractivity contribution in [3.05, 3.63) is 106 Å². The normalized spacial score (nSPS) is 10.6. The van der Waals surface area contributed by atoms with Crippen LogP contribution >= 0.6 is 0 Å². The highest BCUT2D eigenvalue weighted by Gasteiger charge is 2.13. The predicted octanol–water partition coefficient (Wildman–Crippen LogP) is 5.44. The van der Waals surface area contributed by atoms with Gasteiger partial charge in [-0.25, -0.2) is 9.97 Å². The largest absolute Gasteiger partial charge is 0.461 e. The lowest BCUT2D eigenvalue weighted by atomic mass is 10.0. The van der Waals surface area contributed by atoms with Gasteiger partial charge in [0.1, 0.15) is 36.5 Å². The minimum Gasteiger partial charge on any atom is -0.461 e. The summed E-state index contributed by atoms with van der Waals surface area (Å²) in [5, 5.41) is 12.8. The van der Waals surface area contributed by atoms with Crippen LogP contribution in [0.4, 0.5) is 23.3 Å². The monoisotopic (exact) mass is 819 g/mol. The molecule has 17 nitrogen and oxygen atoms in total. The molecule has 312 valence electrons. The average molecular weight is 820 g/mol. The summed E-state index contributed by atoms with van der Waals surface area (Å²) in [6.45, 7) is 5.04. The topological polar surface area (TPSA) is 241 Å². The molecular weight excluding hydrogens is 775 g/mol. The number of esters is 2. The summed E-state index contributed by atoms with van der Waals surface area (Å²) in [4.78, 5) is 104. The second-order valence-electron chi connectivity index (χ2n) is 13.4. The summed E-state index contributed by atoms with van der Waals surface area (Å²) in [5.74, 6) is -2.22. The molecule has 0 spiro atoms. The van der Waals surface area contributed by atoms with E-state index >= 15 is 0 Å². The number of aromatic nitrogens is 2. The molecule has 0 aliphatic rings. The van der Waals surface area contributed by atoms with Gasteiger partial charge in [-0.2, -0.15) is 0 Å². The van der Waals surface area contributed by atoms with Gasteiger partial charge in [0.2, 0.25) is 23.6 Å². The van der Waals surface area contributed by atoms with E-state index in [9.17, 15) is 38.4 Å². The molecule has 0 saturated carbocycles. The molecular formula is C43H45N7O10. The summed E-state index contributed by atoms with van der Waals surface area (Å²) >= 11 is 0. The van der Waals surface area contributed by atoms with Crippen LogP contribution in [0.5, 0.6) is 0 Å². The van der Waals surface area contributed by atoms with Crippen LogP contribution in [0.15, 0.2) is 72.8 Å². The molecule has 0 aliphatic carbocycles. The van der Waals surface area contributed by atoms with Crippen LogP contribution in [0.25, 0.3) is 12.2 Å². The zero-order valence-corrected chi connectivity index (χ0v) is 33.5. The number of benzene rings is 2. The number of Topliss-reactive ketones (excluding diaryl/α,β-unsaturated/α-hetero) is 1. The molecule has 0 radical (unpaired) electrons. The van der Waals surface area contributed by atoms with E-state index in [0.29, 0.717) is 22.3 Å². The van der Waals surface area contributed by atoms with Gasteiger partial charge in [-0.05, 0) is 65.1 Å². The molecule has 17 heteroatoms. The molecule has 0 aliphatic heterocycles. The van der Waals surface area contributed by atoms with E-state index in [4.69, 9.17) is 9.47 Å². The van der Waals surface area contributed by atoms with Crippen molar-refractivity contribution < 1.29 is 47.8 Å². The molecule has 4 rings (SSSR count). The van der Waals surface area contributed by atoms with Crippen LogP contribution in [-0.4, -0.2) is 63.8 Å². The van der Waals surface area contributed by atoms with Gasteiger partial charge >= 0.3 is 11.9 Å². The van der Waals surface area contributed by atoms with Crippen LogP contribution in [0.2, 0.25) is 0 Å². The van der Waals surface area contributed by atoms with Gasteiger partial charge in [0.05, 0.1) is 6.42 Å². The summed E-state index contributed by atoms with van der Waals surface area (Å²) in [6, 6.07) is 20.0. The first-order valence-electron chi connectivity index (χ1n) is 18.7. The van der Waals surface area contributed by atoms with Gasteiger partial charge in [-0.15, -0.1) is 0 Å². The van der Waals surface area contributed by atoms with Crippen molar-refractivity contribution in [3.8, 4) is 0 Å². The quantitative estimate of drug-likeness (QED) is 0.0452. The highest BCUT2D eigenvalue weighted by atomic mass is 16.5. The summed E-state index contributed by atoms with van der Waals surface area (Å²) in [5.41, 5.74) is 3.56. The molecule has 2 aromatic carbocycles. The minimum absolute atomic E-state index is 0.0201. The highest BCUT2D eigenvalue weighted by molar-refractivity contribution is 5.97. The number of carbonyl (C=O) groups excluding carboxylic acids is 8. The Morgan fingerprint density at radius 1 is 0.517 bits per heavy atom. The maximum atomic E-state index is 12.8. The number of anilines is 4. The maximum Gasteiger partial charge on any atom is 0.307 e. The van der Waals surface area contributed by atoms with Crippen molar-refractivity contribution in [1.29, 1.82) is 0 Å². The molecule has 2 aromatic heterocycles. The second kappa shape index (κ2) is 22.4. The third-order valence-electron chi connectivity index (χ3n) is 8.06. The zero-order chi connectivity index (χ0) is 43.6. The fourth-order valence-corrected chi connectivity index (χ4v) is 5.43. The number of carbonyl (C=O) groups is 8. The SMILES string of the molecule is CC(=O)Nc1cc(COC(=O)CCCC(=O)c2ccc(/C=C/c3ccc(C(=O)NCCC(=O)OCc4cc(NC(C)=O)nc(NC(C)=O)c4)cc3)cc2)cc(NC(C)=O)n1. The number of pyridine rings is 2. The number of hydrogen-bond donors (Lipinski definition) is 5. The van der Waals surface area contributed by atoms with Gasteiger partial charge in [0, 0.05) is 58.2 Å². The van der Waals surface area contributed by atoms with Gasteiger partial charge < -0.3 is 36.1 Å². The van der Waals surface area contributed by atoms with Crippen LogP contribution < -0.4 is 26.6 Å². The van der Waals surface area contributed by atoms with E-state index in [-0.39, 0.29) is 104 Å². The van der Waals surface area contributed by atoms with Crippen molar-refractivity contribution in [2.75, 3.05) is 27.8 Å². The molecule has 0 fully saturated rings. The molecule has 0 atom stereocenters. The third-order valence-corrected chi connectivity index (χ3v) is 8.06. The van der Waals surface area contributed by atoms with Gasteiger partial charge in [0.15, 0.2) is 5.78 Å². The van der Waals surface area contributed by atoms with E-state index < -0.39 is 11.9 Å². The molecule has 5 amide bonds.